The monoisotopic (exact) mass is 172 g/mol. The van der Waals surface area contributed by atoms with E-state index in [1.54, 1.807) is 6.92 Å². The van der Waals surface area contributed by atoms with Crippen LogP contribution in [0.2, 0.25) is 0 Å². The molecule has 1 N–H and O–H groups in total. The number of ether oxygens (including phenoxy) is 1. The first-order valence-corrected chi connectivity index (χ1v) is 4.48. The number of hydrogen-bond acceptors (Lipinski definition) is 2. The summed E-state index contributed by atoms with van der Waals surface area (Å²) < 4.78 is 5.30. The zero-order valence-electron chi connectivity index (χ0n) is 7.67. The molecule has 0 radical (unpaired) electrons. The molecule has 0 aromatic rings. The SMILES string of the molecule is CCOC(C)(C(=O)O)C1CCC1. The largest absolute Gasteiger partial charge is 0.479 e. The smallest absolute Gasteiger partial charge is 0.335 e. The first-order chi connectivity index (χ1) is 5.61. The van der Waals surface area contributed by atoms with Crippen LogP contribution in [0.4, 0.5) is 0 Å². The predicted octanol–water partition coefficient (Wildman–Crippen LogP) is 1.67. The Balaban J connectivity index is 2.63. The average molecular weight is 172 g/mol. The lowest BCUT2D eigenvalue weighted by molar-refractivity contribution is -0.175. The van der Waals surface area contributed by atoms with Gasteiger partial charge in [0.2, 0.25) is 0 Å². The van der Waals surface area contributed by atoms with E-state index in [2.05, 4.69) is 0 Å². The van der Waals surface area contributed by atoms with Crippen LogP contribution in [0, 0.1) is 5.92 Å². The minimum Gasteiger partial charge on any atom is -0.479 e. The molecule has 0 saturated heterocycles. The maximum Gasteiger partial charge on any atom is 0.335 e. The van der Waals surface area contributed by atoms with Crippen LogP contribution in [0.5, 0.6) is 0 Å². The molecule has 1 fully saturated rings. The molecule has 70 valence electrons. The van der Waals surface area contributed by atoms with Gasteiger partial charge in [-0.05, 0) is 32.6 Å². The van der Waals surface area contributed by atoms with Crippen LogP contribution in [0.15, 0.2) is 0 Å². The van der Waals surface area contributed by atoms with E-state index in [0.717, 1.165) is 19.3 Å². The fourth-order valence-electron chi connectivity index (χ4n) is 1.61. The summed E-state index contributed by atoms with van der Waals surface area (Å²) in [5.74, 6) is -0.607. The van der Waals surface area contributed by atoms with Crippen LogP contribution in [0.25, 0.3) is 0 Å². The highest BCUT2D eigenvalue weighted by Gasteiger charge is 2.44. The van der Waals surface area contributed by atoms with Gasteiger partial charge in [0.25, 0.3) is 0 Å². The van der Waals surface area contributed by atoms with Gasteiger partial charge in [0.1, 0.15) is 0 Å². The summed E-state index contributed by atoms with van der Waals surface area (Å²) in [5, 5.41) is 8.97. The highest BCUT2D eigenvalue weighted by atomic mass is 16.5. The molecular formula is C9H16O3. The van der Waals surface area contributed by atoms with Gasteiger partial charge < -0.3 is 9.84 Å². The third-order valence-electron chi connectivity index (χ3n) is 2.75. The molecule has 1 atom stereocenters. The lowest BCUT2D eigenvalue weighted by Crippen LogP contribution is -2.48. The number of hydrogen-bond donors (Lipinski definition) is 1. The van der Waals surface area contributed by atoms with Crippen molar-refractivity contribution in [2.45, 2.75) is 38.7 Å². The quantitative estimate of drug-likeness (QED) is 0.701. The Kier molecular flexibility index (Phi) is 2.73. The fraction of sp³-hybridized carbons (Fsp3) is 0.889. The normalized spacial score (nSPS) is 22.8. The molecule has 0 bridgehead atoms. The Morgan fingerprint density at radius 1 is 1.67 bits per heavy atom. The van der Waals surface area contributed by atoms with Gasteiger partial charge in [-0.2, -0.15) is 0 Å². The van der Waals surface area contributed by atoms with E-state index < -0.39 is 11.6 Å². The predicted molar refractivity (Wildman–Crippen MR) is 45.0 cm³/mol. The van der Waals surface area contributed by atoms with Crippen molar-refractivity contribution >= 4 is 5.97 Å². The second-order valence-electron chi connectivity index (χ2n) is 3.47. The molecule has 0 aromatic heterocycles. The minimum absolute atomic E-state index is 0.218. The Bertz CT molecular complexity index is 175. The van der Waals surface area contributed by atoms with Gasteiger partial charge in [-0.15, -0.1) is 0 Å². The van der Waals surface area contributed by atoms with Gasteiger partial charge in [-0.1, -0.05) is 6.42 Å². The van der Waals surface area contributed by atoms with Crippen LogP contribution in [-0.4, -0.2) is 23.3 Å². The van der Waals surface area contributed by atoms with Crippen molar-refractivity contribution in [2.24, 2.45) is 5.92 Å². The highest BCUT2D eigenvalue weighted by Crippen LogP contribution is 2.38. The Labute approximate surface area is 72.7 Å². The van der Waals surface area contributed by atoms with Gasteiger partial charge in [-0.25, -0.2) is 4.79 Å². The van der Waals surface area contributed by atoms with E-state index in [1.165, 1.54) is 0 Å². The lowest BCUT2D eigenvalue weighted by Gasteiger charge is -2.39. The number of carboxylic acid groups (broad SMARTS) is 1. The van der Waals surface area contributed by atoms with Crippen molar-refractivity contribution < 1.29 is 14.6 Å². The first kappa shape index (κ1) is 9.52. The van der Waals surface area contributed by atoms with Crippen molar-refractivity contribution in [2.75, 3.05) is 6.61 Å². The number of aliphatic carboxylic acids is 1. The summed E-state index contributed by atoms with van der Waals surface area (Å²) >= 11 is 0. The minimum atomic E-state index is -0.938. The molecule has 3 heteroatoms. The highest BCUT2D eigenvalue weighted by molar-refractivity contribution is 5.77. The summed E-state index contributed by atoms with van der Waals surface area (Å²) in [6, 6.07) is 0. The molecule has 1 aliphatic rings. The molecule has 1 rings (SSSR count). The second kappa shape index (κ2) is 3.44. The van der Waals surface area contributed by atoms with E-state index in [-0.39, 0.29) is 5.92 Å². The topological polar surface area (TPSA) is 46.5 Å². The molecule has 0 amide bonds. The van der Waals surface area contributed by atoms with E-state index >= 15 is 0 Å². The van der Waals surface area contributed by atoms with Crippen molar-refractivity contribution in [3.8, 4) is 0 Å². The van der Waals surface area contributed by atoms with E-state index in [1.807, 2.05) is 6.92 Å². The molecule has 1 unspecified atom stereocenters. The Hall–Kier alpha value is -0.570. The number of carbonyl (C=O) groups is 1. The standard InChI is InChI=1S/C9H16O3/c1-3-12-9(2,8(10)11)7-5-4-6-7/h7H,3-6H2,1-2H3,(H,10,11). The molecule has 0 spiro atoms. The molecule has 0 heterocycles. The molecule has 3 nitrogen and oxygen atoms in total. The van der Waals surface area contributed by atoms with Gasteiger partial charge in [0, 0.05) is 6.61 Å². The Morgan fingerprint density at radius 3 is 2.50 bits per heavy atom. The molecule has 1 saturated carbocycles. The van der Waals surface area contributed by atoms with Gasteiger partial charge in [0.15, 0.2) is 5.60 Å². The summed E-state index contributed by atoms with van der Waals surface area (Å²) in [6.45, 7) is 3.99. The van der Waals surface area contributed by atoms with Crippen LogP contribution in [0.1, 0.15) is 33.1 Å². The van der Waals surface area contributed by atoms with Crippen molar-refractivity contribution in [3.05, 3.63) is 0 Å². The van der Waals surface area contributed by atoms with Gasteiger partial charge >= 0.3 is 5.97 Å². The maximum atomic E-state index is 10.9. The average Bonchev–Trinajstić information content (AvgIpc) is 1.83. The molecule has 1 aliphatic carbocycles. The van der Waals surface area contributed by atoms with E-state index in [0.29, 0.717) is 6.61 Å². The van der Waals surface area contributed by atoms with Crippen LogP contribution in [-0.2, 0) is 9.53 Å². The molecular weight excluding hydrogens is 156 g/mol. The number of rotatable bonds is 4. The maximum absolute atomic E-state index is 10.9. The van der Waals surface area contributed by atoms with Gasteiger partial charge in [0.05, 0.1) is 0 Å². The fourth-order valence-corrected chi connectivity index (χ4v) is 1.61. The summed E-state index contributed by atoms with van der Waals surface area (Å²) in [5.41, 5.74) is -0.938. The van der Waals surface area contributed by atoms with Crippen molar-refractivity contribution in [1.29, 1.82) is 0 Å². The third-order valence-corrected chi connectivity index (χ3v) is 2.75. The second-order valence-corrected chi connectivity index (χ2v) is 3.47. The van der Waals surface area contributed by atoms with E-state index in [9.17, 15) is 4.79 Å². The first-order valence-electron chi connectivity index (χ1n) is 4.48. The van der Waals surface area contributed by atoms with Crippen LogP contribution >= 0.6 is 0 Å². The molecule has 0 aliphatic heterocycles. The summed E-state index contributed by atoms with van der Waals surface area (Å²) in [4.78, 5) is 10.9. The van der Waals surface area contributed by atoms with Gasteiger partial charge in [-0.3, -0.25) is 0 Å². The lowest BCUT2D eigenvalue weighted by atomic mass is 9.73. The summed E-state index contributed by atoms with van der Waals surface area (Å²) in [6.07, 6.45) is 3.12. The zero-order chi connectivity index (χ0) is 9.19. The number of carboxylic acids is 1. The van der Waals surface area contributed by atoms with Crippen molar-refractivity contribution in [3.63, 3.8) is 0 Å². The molecule has 0 aromatic carbocycles. The molecule has 12 heavy (non-hydrogen) atoms. The van der Waals surface area contributed by atoms with Crippen molar-refractivity contribution in [1.82, 2.24) is 0 Å². The van der Waals surface area contributed by atoms with Crippen LogP contribution < -0.4 is 0 Å². The third kappa shape index (κ3) is 1.46. The Morgan fingerprint density at radius 2 is 2.25 bits per heavy atom. The zero-order valence-corrected chi connectivity index (χ0v) is 7.67. The summed E-state index contributed by atoms with van der Waals surface area (Å²) in [7, 11) is 0. The van der Waals surface area contributed by atoms with Crippen LogP contribution in [0.3, 0.4) is 0 Å². The van der Waals surface area contributed by atoms with E-state index in [4.69, 9.17) is 9.84 Å².